The van der Waals surface area contributed by atoms with Crippen LogP contribution in [0.25, 0.3) is 32.5 Å². The molecule has 5 aromatic rings. The molecular formula is C27H19ClFN3O3S3. The van der Waals surface area contributed by atoms with Gasteiger partial charge in [0.15, 0.2) is 0 Å². The summed E-state index contributed by atoms with van der Waals surface area (Å²) in [6.45, 7) is 1.94. The molecule has 0 bridgehead atoms. The molecule has 1 N–H and O–H groups in total. The lowest BCUT2D eigenvalue weighted by Crippen LogP contribution is -2.16. The minimum Gasteiger partial charge on any atom is -0.462 e. The van der Waals surface area contributed by atoms with Gasteiger partial charge in [0.05, 0.1) is 17.7 Å². The summed E-state index contributed by atoms with van der Waals surface area (Å²) in [4.78, 5) is 35.3. The van der Waals surface area contributed by atoms with Crippen LogP contribution < -0.4 is 5.32 Å². The van der Waals surface area contributed by atoms with Crippen LogP contribution in [0, 0.1) is 5.82 Å². The van der Waals surface area contributed by atoms with E-state index in [1.807, 2.05) is 22.9 Å². The first-order valence-corrected chi connectivity index (χ1v) is 14.5. The highest BCUT2D eigenvalue weighted by Gasteiger charge is 2.23. The van der Waals surface area contributed by atoms with Crippen molar-refractivity contribution in [2.45, 2.75) is 11.9 Å². The fraction of sp³-hybridized carbons (Fsp3) is 0.111. The molecule has 0 unspecified atom stereocenters. The molecule has 0 aliphatic heterocycles. The van der Waals surface area contributed by atoms with Crippen molar-refractivity contribution in [3.05, 3.63) is 82.0 Å². The van der Waals surface area contributed by atoms with Gasteiger partial charge in [0, 0.05) is 26.9 Å². The number of aromatic nitrogens is 2. The quantitative estimate of drug-likeness (QED) is 0.114. The van der Waals surface area contributed by atoms with Crippen molar-refractivity contribution in [2.24, 2.45) is 0 Å². The van der Waals surface area contributed by atoms with Crippen molar-refractivity contribution >= 4 is 73.1 Å². The lowest BCUT2D eigenvalue weighted by atomic mass is 10.0. The number of esters is 1. The van der Waals surface area contributed by atoms with Crippen molar-refractivity contribution in [3.63, 3.8) is 0 Å². The zero-order valence-corrected chi connectivity index (χ0v) is 23.1. The van der Waals surface area contributed by atoms with Crippen molar-refractivity contribution in [3.8, 4) is 22.3 Å². The van der Waals surface area contributed by atoms with E-state index in [0.717, 1.165) is 26.9 Å². The van der Waals surface area contributed by atoms with Gasteiger partial charge in [-0.1, -0.05) is 47.6 Å². The maximum Gasteiger partial charge on any atom is 0.341 e. The largest absolute Gasteiger partial charge is 0.462 e. The summed E-state index contributed by atoms with van der Waals surface area (Å²) in [7, 11) is 0. The second-order valence-electron chi connectivity index (χ2n) is 7.93. The van der Waals surface area contributed by atoms with E-state index >= 15 is 0 Å². The zero-order valence-electron chi connectivity index (χ0n) is 19.9. The molecule has 0 saturated heterocycles. The molecule has 11 heteroatoms. The summed E-state index contributed by atoms with van der Waals surface area (Å²) < 4.78 is 18.7. The Bertz CT molecular complexity index is 1620. The molecule has 6 nitrogen and oxygen atoms in total. The van der Waals surface area contributed by atoms with Gasteiger partial charge in [-0.3, -0.25) is 4.79 Å². The number of hydrogen-bond donors (Lipinski definition) is 1. The average molecular weight is 584 g/mol. The van der Waals surface area contributed by atoms with E-state index < -0.39 is 5.97 Å². The standard InChI is InChI=1S/C27H19ClFN3O3S3/c1-2-35-27(34)23-20(15-3-7-17(28)8-4-15)12-37-26(23)32-21(33)13-38-25-22-19(11-36-24(22)30-14-31-25)16-5-9-18(29)10-6-16/h3-12,14H,2,13H2,1H3,(H,32,33). The number of benzene rings is 2. The Balaban J connectivity index is 1.38. The summed E-state index contributed by atoms with van der Waals surface area (Å²) in [5.41, 5.74) is 3.47. The molecule has 0 spiro atoms. The molecule has 0 fully saturated rings. The van der Waals surface area contributed by atoms with Crippen LogP contribution >= 0.6 is 46.0 Å². The SMILES string of the molecule is CCOC(=O)c1c(-c2ccc(Cl)cc2)csc1NC(=O)CSc1ncnc2scc(-c3ccc(F)cc3)c12. The molecule has 0 aliphatic carbocycles. The number of carbonyl (C=O) groups excluding carboxylic acids is 2. The fourth-order valence-corrected chi connectivity index (χ4v) is 6.69. The summed E-state index contributed by atoms with van der Waals surface area (Å²) in [6.07, 6.45) is 1.46. The van der Waals surface area contributed by atoms with Crippen molar-refractivity contribution in [2.75, 3.05) is 17.7 Å². The highest BCUT2D eigenvalue weighted by molar-refractivity contribution is 8.00. The number of thioether (sulfide) groups is 1. The van der Waals surface area contributed by atoms with Gasteiger partial charge >= 0.3 is 5.97 Å². The molecule has 2 aromatic carbocycles. The Morgan fingerprint density at radius 1 is 1.00 bits per heavy atom. The van der Waals surface area contributed by atoms with E-state index in [9.17, 15) is 14.0 Å². The van der Waals surface area contributed by atoms with Crippen molar-refractivity contribution in [1.82, 2.24) is 9.97 Å². The predicted molar refractivity (Wildman–Crippen MR) is 153 cm³/mol. The van der Waals surface area contributed by atoms with Crippen LogP contribution in [0.5, 0.6) is 0 Å². The Kier molecular flexibility index (Phi) is 8.04. The number of hydrogen-bond acceptors (Lipinski definition) is 8. The van der Waals surface area contributed by atoms with Gasteiger partial charge in [0.25, 0.3) is 0 Å². The molecule has 3 aromatic heterocycles. The summed E-state index contributed by atoms with van der Waals surface area (Å²) >= 11 is 10.00. The Labute approximate surface area is 234 Å². The van der Waals surface area contributed by atoms with Gasteiger partial charge in [-0.2, -0.15) is 0 Å². The van der Waals surface area contributed by atoms with Crippen LogP contribution in [0.15, 0.2) is 70.6 Å². The third-order valence-electron chi connectivity index (χ3n) is 5.51. The number of amides is 1. The van der Waals surface area contributed by atoms with E-state index in [1.165, 1.54) is 52.9 Å². The second kappa shape index (κ2) is 11.6. The number of nitrogens with zero attached hydrogens (tertiary/aromatic N) is 2. The molecule has 0 atom stereocenters. The van der Waals surface area contributed by atoms with E-state index in [0.29, 0.717) is 26.2 Å². The van der Waals surface area contributed by atoms with E-state index in [4.69, 9.17) is 16.3 Å². The number of halogens is 2. The molecule has 0 saturated carbocycles. The van der Waals surface area contributed by atoms with E-state index in [-0.39, 0.29) is 24.1 Å². The molecule has 1 amide bonds. The van der Waals surface area contributed by atoms with Gasteiger partial charge in [-0.05, 0) is 42.3 Å². The lowest BCUT2D eigenvalue weighted by molar-refractivity contribution is -0.113. The average Bonchev–Trinajstić information content (AvgIpc) is 3.53. The van der Waals surface area contributed by atoms with Crippen LogP contribution in [0.1, 0.15) is 17.3 Å². The normalized spacial score (nSPS) is 11.0. The topological polar surface area (TPSA) is 81.2 Å². The smallest absolute Gasteiger partial charge is 0.341 e. The minimum absolute atomic E-state index is 0.0568. The highest BCUT2D eigenvalue weighted by atomic mass is 35.5. The number of nitrogens with one attached hydrogen (secondary N) is 1. The van der Waals surface area contributed by atoms with Gasteiger partial charge in [-0.25, -0.2) is 19.2 Å². The molecular weight excluding hydrogens is 565 g/mol. The fourth-order valence-electron chi connectivity index (χ4n) is 3.79. The predicted octanol–water partition coefficient (Wildman–Crippen LogP) is 7.79. The van der Waals surface area contributed by atoms with Gasteiger partial charge in [0.1, 0.15) is 32.6 Å². The lowest BCUT2D eigenvalue weighted by Gasteiger charge is -2.09. The Hall–Kier alpha value is -3.31. The zero-order chi connectivity index (χ0) is 26.6. The number of rotatable bonds is 8. The Morgan fingerprint density at radius 3 is 2.42 bits per heavy atom. The first-order chi connectivity index (χ1) is 18.4. The molecule has 192 valence electrons. The van der Waals surface area contributed by atoms with Gasteiger partial charge < -0.3 is 10.1 Å². The van der Waals surface area contributed by atoms with Crippen molar-refractivity contribution in [1.29, 1.82) is 0 Å². The molecule has 0 aliphatic rings. The first-order valence-electron chi connectivity index (χ1n) is 11.4. The monoisotopic (exact) mass is 583 g/mol. The molecule has 3 heterocycles. The highest BCUT2D eigenvalue weighted by Crippen LogP contribution is 2.39. The van der Waals surface area contributed by atoms with Crippen LogP contribution in [0.4, 0.5) is 9.39 Å². The maximum atomic E-state index is 13.4. The second-order valence-corrected chi connectivity index (χ2v) is 11.1. The first kappa shape index (κ1) is 26.3. The van der Waals surface area contributed by atoms with Crippen LogP contribution in [0.2, 0.25) is 5.02 Å². The third-order valence-corrected chi connectivity index (χ3v) is 8.53. The van der Waals surface area contributed by atoms with Gasteiger partial charge in [0.2, 0.25) is 5.91 Å². The third kappa shape index (κ3) is 5.58. The number of anilines is 1. The minimum atomic E-state index is -0.513. The Morgan fingerprint density at radius 2 is 1.68 bits per heavy atom. The van der Waals surface area contributed by atoms with Crippen LogP contribution in [0.3, 0.4) is 0 Å². The maximum absolute atomic E-state index is 13.4. The molecule has 5 rings (SSSR count). The summed E-state index contributed by atoms with van der Waals surface area (Å²) in [6, 6.07) is 13.3. The number of thiophene rings is 2. The summed E-state index contributed by atoms with van der Waals surface area (Å²) in [5, 5.41) is 9.08. The molecule has 0 radical (unpaired) electrons. The number of fused-ring (bicyclic) bond motifs is 1. The summed E-state index contributed by atoms with van der Waals surface area (Å²) in [5.74, 6) is -1.07. The molecule has 38 heavy (non-hydrogen) atoms. The van der Waals surface area contributed by atoms with Crippen LogP contribution in [-0.2, 0) is 9.53 Å². The van der Waals surface area contributed by atoms with Crippen LogP contribution in [-0.4, -0.2) is 34.2 Å². The number of carbonyl (C=O) groups is 2. The van der Waals surface area contributed by atoms with Gasteiger partial charge in [-0.15, -0.1) is 22.7 Å². The van der Waals surface area contributed by atoms with E-state index in [2.05, 4.69) is 15.3 Å². The number of ether oxygens (including phenoxy) is 1. The van der Waals surface area contributed by atoms with E-state index in [1.54, 1.807) is 31.2 Å². The van der Waals surface area contributed by atoms with Crippen molar-refractivity contribution < 1.29 is 18.7 Å².